The third-order valence-corrected chi connectivity index (χ3v) is 4.13. The van der Waals surface area contributed by atoms with E-state index in [1.165, 1.54) is 17.9 Å². The average molecular weight is 221 g/mol. The Morgan fingerprint density at radius 2 is 2.40 bits per heavy atom. The number of nitriles is 1. The van der Waals surface area contributed by atoms with Crippen LogP contribution in [0.5, 0.6) is 0 Å². The van der Waals surface area contributed by atoms with Crippen molar-refractivity contribution in [3.8, 4) is 6.07 Å². The van der Waals surface area contributed by atoms with Crippen LogP contribution < -0.4 is 0 Å². The van der Waals surface area contributed by atoms with E-state index in [1.807, 2.05) is 18.7 Å². The van der Waals surface area contributed by atoms with Gasteiger partial charge in [0.15, 0.2) is 0 Å². The minimum atomic E-state index is 0.484. The molecule has 1 fully saturated rings. The van der Waals surface area contributed by atoms with Crippen molar-refractivity contribution in [1.29, 1.82) is 5.26 Å². The summed E-state index contributed by atoms with van der Waals surface area (Å²) in [5.74, 6) is 2.39. The van der Waals surface area contributed by atoms with Gasteiger partial charge in [0.25, 0.3) is 0 Å². The van der Waals surface area contributed by atoms with E-state index >= 15 is 0 Å². The molecule has 0 N–H and O–H groups in total. The lowest BCUT2D eigenvalue weighted by atomic mass is 10.1. The first-order valence-corrected chi connectivity index (χ1v) is 6.38. The highest BCUT2D eigenvalue weighted by molar-refractivity contribution is 7.99. The van der Waals surface area contributed by atoms with E-state index in [-0.39, 0.29) is 0 Å². The van der Waals surface area contributed by atoms with Gasteiger partial charge < -0.3 is 0 Å². The van der Waals surface area contributed by atoms with Crippen LogP contribution in [-0.2, 0) is 6.42 Å². The quantitative estimate of drug-likeness (QED) is 0.769. The van der Waals surface area contributed by atoms with Crippen molar-refractivity contribution in [2.45, 2.75) is 32.7 Å². The van der Waals surface area contributed by atoms with Gasteiger partial charge in [0.05, 0.1) is 24.2 Å². The number of hydrogen-bond acceptors (Lipinski definition) is 3. The summed E-state index contributed by atoms with van der Waals surface area (Å²) in [6.07, 6.45) is 1.69. The molecule has 0 aliphatic carbocycles. The van der Waals surface area contributed by atoms with Crippen LogP contribution in [0.3, 0.4) is 0 Å². The molecule has 80 valence electrons. The van der Waals surface area contributed by atoms with Gasteiger partial charge in [0.1, 0.15) is 0 Å². The maximum absolute atomic E-state index is 8.75. The molecule has 2 rings (SSSR count). The van der Waals surface area contributed by atoms with Crippen LogP contribution >= 0.6 is 11.8 Å². The molecule has 0 saturated carbocycles. The van der Waals surface area contributed by atoms with Gasteiger partial charge in [-0.1, -0.05) is 0 Å². The van der Waals surface area contributed by atoms with E-state index in [2.05, 4.69) is 22.8 Å². The molecular formula is C11H15N3S. The smallest absolute Gasteiger partial charge is 0.0671 e. The Morgan fingerprint density at radius 1 is 1.60 bits per heavy atom. The van der Waals surface area contributed by atoms with Crippen LogP contribution in [0.4, 0.5) is 0 Å². The Kier molecular flexibility index (Phi) is 3.01. The van der Waals surface area contributed by atoms with Gasteiger partial charge in [-0.05, 0) is 26.0 Å². The van der Waals surface area contributed by atoms with Crippen molar-refractivity contribution in [1.82, 2.24) is 9.78 Å². The number of aromatic nitrogens is 2. The predicted molar refractivity (Wildman–Crippen MR) is 62.0 cm³/mol. The Hall–Kier alpha value is -0.950. The van der Waals surface area contributed by atoms with E-state index < -0.39 is 0 Å². The summed E-state index contributed by atoms with van der Waals surface area (Å²) in [6, 6.07) is 2.75. The summed E-state index contributed by atoms with van der Waals surface area (Å²) in [7, 11) is 0. The first-order chi connectivity index (χ1) is 7.24. The molecule has 1 aromatic rings. The van der Waals surface area contributed by atoms with Crippen molar-refractivity contribution in [2.75, 3.05) is 11.5 Å². The second-order valence-corrected chi connectivity index (χ2v) is 5.10. The predicted octanol–water partition coefficient (Wildman–Crippen LogP) is 2.24. The standard InChI is InChI=1S/C11H15N3S/c1-8-11(3-5-12)9(2)14(13-8)10-4-6-15-7-10/h10H,3-4,6-7H2,1-2H3. The highest BCUT2D eigenvalue weighted by atomic mass is 32.2. The zero-order valence-corrected chi connectivity index (χ0v) is 9.97. The van der Waals surface area contributed by atoms with Crippen LogP contribution in [-0.4, -0.2) is 21.3 Å². The lowest BCUT2D eigenvalue weighted by molar-refractivity contribution is 0.487. The van der Waals surface area contributed by atoms with E-state index in [1.54, 1.807) is 0 Å². The van der Waals surface area contributed by atoms with E-state index in [4.69, 9.17) is 5.26 Å². The fourth-order valence-electron chi connectivity index (χ4n) is 2.10. The fourth-order valence-corrected chi connectivity index (χ4v) is 3.29. The minimum Gasteiger partial charge on any atom is -0.265 e. The van der Waals surface area contributed by atoms with Crippen molar-refractivity contribution in [3.05, 3.63) is 17.0 Å². The van der Waals surface area contributed by atoms with Gasteiger partial charge in [-0.25, -0.2) is 0 Å². The summed E-state index contributed by atoms with van der Waals surface area (Å²) in [4.78, 5) is 0. The molecule has 0 aromatic carbocycles. The lowest BCUT2D eigenvalue weighted by Gasteiger charge is -2.11. The number of rotatable bonds is 2. The monoisotopic (exact) mass is 221 g/mol. The van der Waals surface area contributed by atoms with Crippen LogP contribution in [0.1, 0.15) is 29.4 Å². The first kappa shape index (κ1) is 10.6. The molecule has 1 aliphatic heterocycles. The third kappa shape index (κ3) is 1.89. The molecule has 0 amide bonds. The Bertz CT molecular complexity index is 397. The molecule has 1 atom stereocenters. The van der Waals surface area contributed by atoms with Gasteiger partial charge in [-0.2, -0.15) is 22.1 Å². The molecule has 15 heavy (non-hydrogen) atoms. The molecule has 3 nitrogen and oxygen atoms in total. The molecule has 0 spiro atoms. The van der Waals surface area contributed by atoms with E-state index in [0.717, 1.165) is 17.0 Å². The summed E-state index contributed by atoms with van der Waals surface area (Å²) in [6.45, 7) is 4.08. The summed E-state index contributed by atoms with van der Waals surface area (Å²) in [5.41, 5.74) is 3.32. The maximum Gasteiger partial charge on any atom is 0.0671 e. The van der Waals surface area contributed by atoms with Crippen LogP contribution in [0, 0.1) is 25.2 Å². The van der Waals surface area contributed by atoms with Gasteiger partial charge >= 0.3 is 0 Å². The third-order valence-electron chi connectivity index (χ3n) is 2.98. The maximum atomic E-state index is 8.75. The average Bonchev–Trinajstić information content (AvgIpc) is 2.81. The summed E-state index contributed by atoms with van der Waals surface area (Å²) < 4.78 is 2.13. The highest BCUT2D eigenvalue weighted by Gasteiger charge is 2.22. The second-order valence-electron chi connectivity index (χ2n) is 3.95. The number of hydrogen-bond donors (Lipinski definition) is 0. The van der Waals surface area contributed by atoms with Crippen LogP contribution in [0.15, 0.2) is 0 Å². The van der Waals surface area contributed by atoms with Crippen molar-refractivity contribution >= 4 is 11.8 Å². The molecular weight excluding hydrogens is 206 g/mol. The minimum absolute atomic E-state index is 0.484. The fraction of sp³-hybridized carbons (Fsp3) is 0.636. The molecule has 1 unspecified atom stereocenters. The van der Waals surface area contributed by atoms with Crippen LogP contribution in [0.2, 0.25) is 0 Å². The molecule has 4 heteroatoms. The lowest BCUT2D eigenvalue weighted by Crippen LogP contribution is -2.11. The van der Waals surface area contributed by atoms with E-state index in [9.17, 15) is 0 Å². The van der Waals surface area contributed by atoms with Crippen molar-refractivity contribution < 1.29 is 0 Å². The number of nitrogens with zero attached hydrogens (tertiary/aromatic N) is 3. The molecule has 2 heterocycles. The SMILES string of the molecule is Cc1nn(C2CCSC2)c(C)c1CC#N. The topological polar surface area (TPSA) is 41.6 Å². The van der Waals surface area contributed by atoms with Crippen molar-refractivity contribution in [3.63, 3.8) is 0 Å². The molecule has 1 aromatic heterocycles. The molecule has 0 radical (unpaired) electrons. The highest BCUT2D eigenvalue weighted by Crippen LogP contribution is 2.29. The Morgan fingerprint density at radius 3 is 3.00 bits per heavy atom. The second kappa shape index (κ2) is 4.28. The Labute approximate surface area is 94.5 Å². The first-order valence-electron chi connectivity index (χ1n) is 5.23. The van der Waals surface area contributed by atoms with Gasteiger partial charge in [0.2, 0.25) is 0 Å². The summed E-state index contributed by atoms with van der Waals surface area (Å²) >= 11 is 1.99. The zero-order valence-electron chi connectivity index (χ0n) is 9.16. The van der Waals surface area contributed by atoms with Crippen molar-refractivity contribution in [2.24, 2.45) is 0 Å². The van der Waals surface area contributed by atoms with Gasteiger partial charge in [0, 0.05) is 17.0 Å². The van der Waals surface area contributed by atoms with Gasteiger partial charge in [-0.3, -0.25) is 4.68 Å². The summed E-state index contributed by atoms with van der Waals surface area (Å²) in [5, 5.41) is 13.3. The molecule has 1 aliphatic rings. The normalized spacial score (nSPS) is 20.5. The number of aryl methyl sites for hydroxylation is 1. The zero-order chi connectivity index (χ0) is 10.8. The van der Waals surface area contributed by atoms with E-state index in [0.29, 0.717) is 12.5 Å². The Balaban J connectivity index is 2.33. The van der Waals surface area contributed by atoms with Gasteiger partial charge in [-0.15, -0.1) is 0 Å². The largest absolute Gasteiger partial charge is 0.265 e. The van der Waals surface area contributed by atoms with Crippen LogP contribution in [0.25, 0.3) is 0 Å². The molecule has 0 bridgehead atoms. The molecule has 1 saturated heterocycles. The number of thioether (sulfide) groups is 1.